The Labute approximate surface area is 130 Å². The number of hydrogen-bond donors (Lipinski definition) is 2. The first-order valence-electron chi connectivity index (χ1n) is 7.80. The van der Waals surface area contributed by atoms with Gasteiger partial charge in [-0.15, -0.1) is 0 Å². The summed E-state index contributed by atoms with van der Waals surface area (Å²) in [5.41, 5.74) is 1.71. The predicted molar refractivity (Wildman–Crippen MR) is 85.4 cm³/mol. The first-order valence-corrected chi connectivity index (χ1v) is 7.80. The van der Waals surface area contributed by atoms with Crippen LogP contribution in [0.5, 0.6) is 0 Å². The lowest BCUT2D eigenvalue weighted by molar-refractivity contribution is 0.0383. The molecule has 2 N–H and O–H groups in total. The number of aliphatic imine (C=N–C) groups is 1. The Morgan fingerprint density at radius 1 is 1.27 bits per heavy atom. The van der Waals surface area contributed by atoms with Crippen molar-refractivity contribution in [1.29, 1.82) is 0 Å². The van der Waals surface area contributed by atoms with Gasteiger partial charge in [-0.2, -0.15) is 0 Å². The molecular weight excluding hydrogens is 280 g/mol. The van der Waals surface area contributed by atoms with Crippen LogP contribution in [0.4, 0.5) is 0 Å². The maximum atomic E-state index is 12.1. The largest absolute Gasteiger partial charge is 0.379 e. The number of benzene rings is 1. The molecule has 0 spiro atoms. The minimum Gasteiger partial charge on any atom is -0.379 e. The van der Waals surface area contributed by atoms with Gasteiger partial charge in [0, 0.05) is 43.9 Å². The summed E-state index contributed by atoms with van der Waals surface area (Å²) in [4.78, 5) is 18.8. The Hall–Kier alpha value is -1.92. The molecule has 1 saturated heterocycles. The van der Waals surface area contributed by atoms with E-state index in [1.165, 1.54) is 0 Å². The van der Waals surface area contributed by atoms with E-state index in [1.54, 1.807) is 0 Å². The molecule has 6 heteroatoms. The van der Waals surface area contributed by atoms with E-state index in [-0.39, 0.29) is 5.91 Å². The fraction of sp³-hybridized carbons (Fsp3) is 0.500. The van der Waals surface area contributed by atoms with Crippen molar-refractivity contribution in [2.24, 2.45) is 4.99 Å². The van der Waals surface area contributed by atoms with E-state index < -0.39 is 0 Å². The Morgan fingerprint density at radius 3 is 2.73 bits per heavy atom. The Bertz CT molecular complexity index is 536. The first kappa shape index (κ1) is 15.0. The summed E-state index contributed by atoms with van der Waals surface area (Å²) in [5, 5.41) is 6.19. The number of ether oxygens (including phenoxy) is 1. The molecule has 0 bridgehead atoms. The smallest absolute Gasteiger partial charge is 0.251 e. The number of amidine groups is 1. The Kier molecular flexibility index (Phi) is 5.03. The summed E-state index contributed by atoms with van der Waals surface area (Å²) < 4.78 is 5.31. The SMILES string of the molecule is O=C(NCCN1CCOCC1)c1ccc(C2=NCCN2)cc1. The van der Waals surface area contributed by atoms with Crippen LogP contribution in [0, 0.1) is 0 Å². The van der Waals surface area contributed by atoms with Gasteiger partial charge in [0.05, 0.1) is 19.8 Å². The van der Waals surface area contributed by atoms with Gasteiger partial charge in [0.15, 0.2) is 0 Å². The molecule has 1 fully saturated rings. The van der Waals surface area contributed by atoms with Gasteiger partial charge in [0.2, 0.25) is 0 Å². The second-order valence-electron chi connectivity index (χ2n) is 5.44. The van der Waals surface area contributed by atoms with Crippen LogP contribution in [0.2, 0.25) is 0 Å². The van der Waals surface area contributed by atoms with Gasteiger partial charge in [-0.1, -0.05) is 12.1 Å². The molecule has 0 aliphatic carbocycles. The Balaban J connectivity index is 1.47. The number of rotatable bonds is 5. The highest BCUT2D eigenvalue weighted by atomic mass is 16.5. The normalized spacial score (nSPS) is 18.6. The van der Waals surface area contributed by atoms with E-state index in [1.807, 2.05) is 24.3 Å². The van der Waals surface area contributed by atoms with Crippen LogP contribution in [-0.2, 0) is 4.74 Å². The van der Waals surface area contributed by atoms with Gasteiger partial charge in [0.25, 0.3) is 5.91 Å². The fourth-order valence-electron chi connectivity index (χ4n) is 2.63. The van der Waals surface area contributed by atoms with Crippen LogP contribution in [-0.4, -0.2) is 69.1 Å². The molecule has 2 aliphatic rings. The van der Waals surface area contributed by atoms with E-state index in [0.29, 0.717) is 12.1 Å². The number of nitrogens with zero attached hydrogens (tertiary/aromatic N) is 2. The van der Waals surface area contributed by atoms with Crippen molar-refractivity contribution in [2.45, 2.75) is 0 Å². The predicted octanol–water partition coefficient (Wildman–Crippen LogP) is 0.0984. The highest BCUT2D eigenvalue weighted by Crippen LogP contribution is 2.07. The molecular formula is C16H22N4O2. The maximum absolute atomic E-state index is 12.1. The number of nitrogens with one attached hydrogen (secondary N) is 2. The number of amides is 1. The van der Waals surface area contributed by atoms with Crippen LogP contribution in [0.1, 0.15) is 15.9 Å². The molecule has 0 aromatic heterocycles. The lowest BCUT2D eigenvalue weighted by Crippen LogP contribution is -2.41. The van der Waals surface area contributed by atoms with Gasteiger partial charge in [-0.25, -0.2) is 0 Å². The van der Waals surface area contributed by atoms with E-state index in [4.69, 9.17) is 4.74 Å². The molecule has 0 unspecified atom stereocenters. The Morgan fingerprint density at radius 2 is 2.05 bits per heavy atom. The standard InChI is InChI=1S/C16H22N4O2/c21-16(19-7-8-20-9-11-22-12-10-20)14-3-1-13(2-4-14)15-17-5-6-18-15/h1-4H,5-12H2,(H,17,18)(H,19,21). The lowest BCUT2D eigenvalue weighted by atomic mass is 10.1. The van der Waals surface area contributed by atoms with Crippen molar-refractivity contribution in [3.05, 3.63) is 35.4 Å². The van der Waals surface area contributed by atoms with Gasteiger partial charge < -0.3 is 15.4 Å². The van der Waals surface area contributed by atoms with Crippen LogP contribution in [0.3, 0.4) is 0 Å². The summed E-state index contributed by atoms with van der Waals surface area (Å²) in [5.74, 6) is 0.889. The summed E-state index contributed by atoms with van der Waals surface area (Å²) >= 11 is 0. The van der Waals surface area contributed by atoms with E-state index in [9.17, 15) is 4.79 Å². The van der Waals surface area contributed by atoms with Gasteiger partial charge in [0.1, 0.15) is 5.84 Å². The molecule has 1 aromatic carbocycles. The van der Waals surface area contributed by atoms with E-state index >= 15 is 0 Å². The minimum atomic E-state index is -0.0267. The maximum Gasteiger partial charge on any atom is 0.251 e. The summed E-state index contributed by atoms with van der Waals surface area (Å²) in [6, 6.07) is 7.58. The van der Waals surface area contributed by atoms with Gasteiger partial charge >= 0.3 is 0 Å². The number of morpholine rings is 1. The average Bonchev–Trinajstić information content (AvgIpc) is 3.10. The topological polar surface area (TPSA) is 66.0 Å². The van der Waals surface area contributed by atoms with Gasteiger partial charge in [-0.05, 0) is 12.1 Å². The average molecular weight is 302 g/mol. The van der Waals surface area contributed by atoms with Crippen LogP contribution < -0.4 is 10.6 Å². The van der Waals surface area contributed by atoms with Crippen molar-refractivity contribution < 1.29 is 9.53 Å². The van der Waals surface area contributed by atoms with E-state index in [2.05, 4.69) is 20.5 Å². The number of hydrogen-bond acceptors (Lipinski definition) is 5. The summed E-state index contributed by atoms with van der Waals surface area (Å²) in [6.07, 6.45) is 0. The van der Waals surface area contributed by atoms with Crippen molar-refractivity contribution in [3.63, 3.8) is 0 Å². The molecule has 1 amide bonds. The summed E-state index contributed by atoms with van der Waals surface area (Å²) in [6.45, 7) is 6.70. The summed E-state index contributed by atoms with van der Waals surface area (Å²) in [7, 11) is 0. The van der Waals surface area contributed by atoms with Crippen molar-refractivity contribution in [1.82, 2.24) is 15.5 Å². The molecule has 2 heterocycles. The van der Waals surface area contributed by atoms with Crippen LogP contribution in [0.15, 0.2) is 29.3 Å². The molecule has 2 aliphatic heterocycles. The third-order valence-electron chi connectivity index (χ3n) is 3.91. The highest BCUT2D eigenvalue weighted by molar-refractivity contribution is 6.01. The van der Waals surface area contributed by atoms with E-state index in [0.717, 1.165) is 57.3 Å². The van der Waals surface area contributed by atoms with Crippen LogP contribution >= 0.6 is 0 Å². The molecule has 0 atom stereocenters. The third kappa shape index (κ3) is 3.84. The zero-order valence-electron chi connectivity index (χ0n) is 12.7. The van der Waals surface area contributed by atoms with Crippen molar-refractivity contribution >= 4 is 11.7 Å². The van der Waals surface area contributed by atoms with Crippen LogP contribution in [0.25, 0.3) is 0 Å². The first-order chi connectivity index (χ1) is 10.8. The second-order valence-corrected chi connectivity index (χ2v) is 5.44. The minimum absolute atomic E-state index is 0.0267. The van der Waals surface area contributed by atoms with Crippen molar-refractivity contribution in [2.75, 3.05) is 52.5 Å². The fourth-order valence-corrected chi connectivity index (χ4v) is 2.63. The lowest BCUT2D eigenvalue weighted by Gasteiger charge is -2.26. The molecule has 6 nitrogen and oxygen atoms in total. The zero-order valence-corrected chi connectivity index (χ0v) is 12.7. The number of carbonyl (C=O) groups is 1. The number of carbonyl (C=O) groups excluding carboxylic acids is 1. The second kappa shape index (κ2) is 7.38. The molecule has 0 radical (unpaired) electrons. The molecule has 3 rings (SSSR count). The van der Waals surface area contributed by atoms with Gasteiger partial charge in [-0.3, -0.25) is 14.7 Å². The molecule has 118 valence electrons. The quantitative estimate of drug-likeness (QED) is 0.809. The van der Waals surface area contributed by atoms with Crippen molar-refractivity contribution in [3.8, 4) is 0 Å². The molecule has 0 saturated carbocycles. The zero-order chi connectivity index (χ0) is 15.2. The highest BCUT2D eigenvalue weighted by Gasteiger charge is 2.12. The third-order valence-corrected chi connectivity index (χ3v) is 3.91. The molecule has 1 aromatic rings. The molecule has 22 heavy (non-hydrogen) atoms. The monoisotopic (exact) mass is 302 g/mol.